The average Bonchev–Trinajstić information content (AvgIpc) is 3.27. The van der Waals surface area contributed by atoms with E-state index >= 15 is 0 Å². The highest BCUT2D eigenvalue weighted by Crippen LogP contribution is 2.69. The Balaban J connectivity index is 1.48. The molecule has 4 rings (SSSR count). The van der Waals surface area contributed by atoms with Gasteiger partial charge in [-0.05, 0) is 30.7 Å². The molecule has 0 radical (unpaired) electrons. The van der Waals surface area contributed by atoms with Crippen molar-refractivity contribution in [3.8, 4) is 0 Å². The number of hydrogen-bond donors (Lipinski definition) is 4. The van der Waals surface area contributed by atoms with Gasteiger partial charge in [-0.1, -0.05) is 50.2 Å². The highest BCUT2D eigenvalue weighted by Gasteiger charge is 2.80. The number of nitrogens with one attached hydrogen (secondary N) is 2. The van der Waals surface area contributed by atoms with Crippen LogP contribution in [-0.4, -0.2) is 46.8 Å². The fraction of sp³-hybridized carbons (Fsp3) is 0.417. The fourth-order valence-corrected chi connectivity index (χ4v) is 4.97. The van der Waals surface area contributed by atoms with Crippen molar-refractivity contribution in [2.24, 2.45) is 17.3 Å². The summed E-state index contributed by atoms with van der Waals surface area (Å²) < 4.78 is 11.3. The van der Waals surface area contributed by atoms with Gasteiger partial charge in [0.1, 0.15) is 17.8 Å². The van der Waals surface area contributed by atoms with Gasteiger partial charge >= 0.3 is 12.2 Å². The van der Waals surface area contributed by atoms with Gasteiger partial charge in [0.25, 0.3) is 0 Å². The number of para-hydroxylation sites is 2. The molecule has 2 aliphatic rings. The van der Waals surface area contributed by atoms with E-state index in [0.717, 1.165) is 0 Å². The molecule has 8 nitrogen and oxygen atoms in total. The van der Waals surface area contributed by atoms with Crippen molar-refractivity contribution in [1.29, 1.82) is 0 Å². The van der Waals surface area contributed by atoms with E-state index in [1.807, 2.05) is 12.1 Å². The number of aliphatic hydroxyl groups is 2. The van der Waals surface area contributed by atoms with Crippen LogP contribution in [0.5, 0.6) is 0 Å². The van der Waals surface area contributed by atoms with Gasteiger partial charge in [-0.2, -0.15) is 0 Å². The summed E-state index contributed by atoms with van der Waals surface area (Å²) >= 11 is 0. The molecule has 2 unspecified atom stereocenters. The van der Waals surface area contributed by atoms with Gasteiger partial charge in [0, 0.05) is 28.6 Å². The third-order valence-corrected chi connectivity index (χ3v) is 6.96. The molecule has 0 spiro atoms. The zero-order valence-corrected chi connectivity index (χ0v) is 18.0. The molecule has 4 N–H and O–H groups in total. The minimum atomic E-state index is -1.40. The standard InChI is InChI=1S/C24H28N2O6/c1-15-18(31-21(28)25-16-9-5-3-6-10-16)13-19-23(2,14-27)24(19,30)20(15)32-22(29)26-17-11-7-4-8-12-17/h3-12,15,18-20,27,30H,13-14H2,1-2H3,(H,25,28)(H,26,29)/t15-,18-,19?,20+,23?,24+/m0/s1. The first-order chi connectivity index (χ1) is 15.3. The lowest BCUT2D eigenvalue weighted by Crippen LogP contribution is -2.51. The number of amides is 2. The van der Waals surface area contributed by atoms with Gasteiger partial charge in [-0.3, -0.25) is 10.6 Å². The van der Waals surface area contributed by atoms with E-state index in [-0.39, 0.29) is 12.5 Å². The summed E-state index contributed by atoms with van der Waals surface area (Å²) in [6, 6.07) is 17.7. The van der Waals surface area contributed by atoms with E-state index in [2.05, 4.69) is 10.6 Å². The Kier molecular flexibility index (Phi) is 5.83. The molecule has 2 saturated carbocycles. The second-order valence-corrected chi connectivity index (χ2v) is 8.80. The van der Waals surface area contributed by atoms with Gasteiger partial charge in [0.05, 0.1) is 6.61 Å². The minimum absolute atomic E-state index is 0.274. The smallest absolute Gasteiger partial charge is 0.412 e. The van der Waals surface area contributed by atoms with Crippen molar-refractivity contribution in [2.45, 2.75) is 38.1 Å². The summed E-state index contributed by atoms with van der Waals surface area (Å²) in [7, 11) is 0. The first-order valence-corrected chi connectivity index (χ1v) is 10.7. The number of ether oxygens (including phenoxy) is 2. The van der Waals surface area contributed by atoms with Crippen molar-refractivity contribution in [2.75, 3.05) is 17.2 Å². The SMILES string of the molecule is C[C@H]1[C@@H](OC(=O)Nc2ccccc2)CC2C(C)(CO)[C@]2(O)[C@@H]1OC(=O)Nc1ccccc1. The Bertz CT molecular complexity index is 971. The lowest BCUT2D eigenvalue weighted by Gasteiger charge is -2.38. The van der Waals surface area contributed by atoms with E-state index in [0.29, 0.717) is 17.8 Å². The van der Waals surface area contributed by atoms with Crippen LogP contribution in [0.25, 0.3) is 0 Å². The molecule has 6 atom stereocenters. The summed E-state index contributed by atoms with van der Waals surface area (Å²) in [6.07, 6.45) is -2.56. The summed E-state index contributed by atoms with van der Waals surface area (Å²) in [5.41, 5.74) is -1.10. The Labute approximate surface area is 186 Å². The summed E-state index contributed by atoms with van der Waals surface area (Å²) in [5.74, 6) is -0.868. The first kappa shape index (κ1) is 22.1. The van der Waals surface area contributed by atoms with Crippen LogP contribution in [0.4, 0.5) is 21.0 Å². The Morgan fingerprint density at radius 3 is 1.97 bits per heavy atom. The first-order valence-electron chi connectivity index (χ1n) is 10.7. The van der Waals surface area contributed by atoms with Crippen LogP contribution in [0.15, 0.2) is 60.7 Å². The molecule has 0 heterocycles. The van der Waals surface area contributed by atoms with E-state index in [4.69, 9.17) is 9.47 Å². The number of benzene rings is 2. The lowest BCUT2D eigenvalue weighted by molar-refractivity contribution is -0.112. The maximum absolute atomic E-state index is 12.6. The fourth-order valence-electron chi connectivity index (χ4n) is 4.97. The topological polar surface area (TPSA) is 117 Å². The van der Waals surface area contributed by atoms with Gasteiger partial charge in [0.2, 0.25) is 0 Å². The Morgan fingerprint density at radius 2 is 1.47 bits per heavy atom. The third kappa shape index (κ3) is 3.80. The Hall–Kier alpha value is -3.10. The molecule has 2 amide bonds. The zero-order valence-electron chi connectivity index (χ0n) is 18.0. The number of carbonyl (C=O) groups is 2. The second-order valence-electron chi connectivity index (χ2n) is 8.80. The molecule has 32 heavy (non-hydrogen) atoms. The molecule has 2 aromatic rings. The predicted molar refractivity (Wildman–Crippen MR) is 118 cm³/mol. The van der Waals surface area contributed by atoms with E-state index in [1.54, 1.807) is 62.4 Å². The van der Waals surface area contributed by atoms with Crippen molar-refractivity contribution < 1.29 is 29.3 Å². The molecule has 2 aliphatic carbocycles. The van der Waals surface area contributed by atoms with Crippen molar-refractivity contribution in [1.82, 2.24) is 0 Å². The highest BCUT2D eigenvalue weighted by atomic mass is 16.6. The van der Waals surface area contributed by atoms with Crippen molar-refractivity contribution >= 4 is 23.6 Å². The normalized spacial score (nSPS) is 32.9. The zero-order chi connectivity index (χ0) is 22.9. The molecule has 8 heteroatoms. The van der Waals surface area contributed by atoms with Crippen molar-refractivity contribution in [3.05, 3.63) is 60.7 Å². The van der Waals surface area contributed by atoms with E-state index < -0.39 is 41.3 Å². The molecular formula is C24H28N2O6. The van der Waals surface area contributed by atoms with Gasteiger partial charge < -0.3 is 19.7 Å². The highest BCUT2D eigenvalue weighted by molar-refractivity contribution is 5.85. The molecule has 0 bridgehead atoms. The molecule has 0 aliphatic heterocycles. The van der Waals surface area contributed by atoms with Crippen LogP contribution in [0, 0.1) is 17.3 Å². The maximum Gasteiger partial charge on any atom is 0.412 e. The molecular weight excluding hydrogens is 412 g/mol. The maximum atomic E-state index is 12.6. The monoisotopic (exact) mass is 440 g/mol. The quantitative estimate of drug-likeness (QED) is 0.564. The number of carbonyl (C=O) groups excluding carboxylic acids is 2. The molecule has 170 valence electrons. The largest absolute Gasteiger partial charge is 0.446 e. The van der Waals surface area contributed by atoms with Gasteiger partial charge in [-0.25, -0.2) is 9.59 Å². The van der Waals surface area contributed by atoms with Crippen LogP contribution >= 0.6 is 0 Å². The van der Waals surface area contributed by atoms with Crippen LogP contribution in [0.1, 0.15) is 20.3 Å². The van der Waals surface area contributed by atoms with Crippen LogP contribution < -0.4 is 10.6 Å². The number of fused-ring (bicyclic) bond motifs is 1. The van der Waals surface area contributed by atoms with Gasteiger partial charge in [-0.15, -0.1) is 0 Å². The third-order valence-electron chi connectivity index (χ3n) is 6.96. The number of aliphatic hydroxyl groups excluding tert-OH is 1. The molecule has 2 aromatic carbocycles. The number of hydrogen-bond acceptors (Lipinski definition) is 6. The number of rotatable bonds is 5. The Morgan fingerprint density at radius 1 is 0.969 bits per heavy atom. The molecule has 0 saturated heterocycles. The summed E-state index contributed by atoms with van der Waals surface area (Å²) in [4.78, 5) is 25.0. The second kappa shape index (κ2) is 8.44. The van der Waals surface area contributed by atoms with E-state index in [1.165, 1.54) is 0 Å². The summed E-state index contributed by atoms with van der Waals surface area (Å²) in [5, 5.41) is 26.7. The van der Waals surface area contributed by atoms with Crippen LogP contribution in [0.3, 0.4) is 0 Å². The van der Waals surface area contributed by atoms with E-state index in [9.17, 15) is 19.8 Å². The van der Waals surface area contributed by atoms with Gasteiger partial charge in [0.15, 0.2) is 0 Å². The number of anilines is 2. The van der Waals surface area contributed by atoms with Crippen molar-refractivity contribution in [3.63, 3.8) is 0 Å². The van der Waals surface area contributed by atoms with Crippen LogP contribution in [0.2, 0.25) is 0 Å². The molecule has 0 aromatic heterocycles. The van der Waals surface area contributed by atoms with Crippen LogP contribution in [-0.2, 0) is 9.47 Å². The molecule has 2 fully saturated rings. The average molecular weight is 440 g/mol. The lowest BCUT2D eigenvalue weighted by atomic mass is 9.82. The minimum Gasteiger partial charge on any atom is -0.446 e. The predicted octanol–water partition coefficient (Wildman–Crippen LogP) is 3.62. The summed E-state index contributed by atoms with van der Waals surface area (Å²) in [6.45, 7) is 3.25.